The molecule has 1 aliphatic carbocycles. The molecular formula is C33H25NS. The predicted octanol–water partition coefficient (Wildman–Crippen LogP) is 9.77. The Hall–Kier alpha value is -3.88. The van der Waals surface area contributed by atoms with Gasteiger partial charge in [-0.15, -0.1) is 11.3 Å². The molecule has 5 aromatic carbocycles. The molecule has 6 aromatic rings. The minimum atomic E-state index is 0.00753. The van der Waals surface area contributed by atoms with Crippen LogP contribution in [0.25, 0.3) is 42.4 Å². The zero-order chi connectivity index (χ0) is 23.6. The Balaban J connectivity index is 1.25. The summed E-state index contributed by atoms with van der Waals surface area (Å²) >= 11 is 1.87. The lowest BCUT2D eigenvalue weighted by molar-refractivity contribution is 0.660. The summed E-state index contributed by atoms with van der Waals surface area (Å²) in [4.78, 5) is 0. The molecule has 7 rings (SSSR count). The first kappa shape index (κ1) is 20.5. The predicted molar refractivity (Wildman–Crippen MR) is 152 cm³/mol. The highest BCUT2D eigenvalue weighted by atomic mass is 32.1. The summed E-state index contributed by atoms with van der Waals surface area (Å²) in [5.74, 6) is 0. The molecule has 1 aromatic heterocycles. The summed E-state index contributed by atoms with van der Waals surface area (Å²) in [7, 11) is 0. The molecule has 0 aliphatic heterocycles. The first-order chi connectivity index (χ1) is 17.1. The summed E-state index contributed by atoms with van der Waals surface area (Å²) in [6, 6.07) is 39.8. The fourth-order valence-electron chi connectivity index (χ4n) is 5.61. The number of anilines is 2. The molecule has 35 heavy (non-hydrogen) atoms. The van der Waals surface area contributed by atoms with Crippen LogP contribution in [0.15, 0.2) is 109 Å². The number of thiophene rings is 1. The van der Waals surface area contributed by atoms with E-state index in [0.717, 1.165) is 11.4 Å². The average molecular weight is 468 g/mol. The van der Waals surface area contributed by atoms with E-state index >= 15 is 0 Å². The van der Waals surface area contributed by atoms with E-state index in [2.05, 4.69) is 128 Å². The van der Waals surface area contributed by atoms with Gasteiger partial charge in [0.2, 0.25) is 0 Å². The number of nitrogens with one attached hydrogen (secondary N) is 1. The van der Waals surface area contributed by atoms with Crippen LogP contribution in [0.2, 0.25) is 0 Å². The summed E-state index contributed by atoms with van der Waals surface area (Å²) in [6.07, 6.45) is 0. The Morgan fingerprint density at radius 1 is 0.543 bits per heavy atom. The minimum Gasteiger partial charge on any atom is -0.355 e. The van der Waals surface area contributed by atoms with Gasteiger partial charge in [0.25, 0.3) is 0 Å². The Morgan fingerprint density at radius 2 is 1.29 bits per heavy atom. The third-order valence-electron chi connectivity index (χ3n) is 7.45. The van der Waals surface area contributed by atoms with E-state index in [4.69, 9.17) is 0 Å². The molecule has 0 saturated heterocycles. The number of benzene rings is 5. The molecule has 0 radical (unpaired) electrons. The molecule has 1 aliphatic rings. The van der Waals surface area contributed by atoms with Crippen LogP contribution in [-0.4, -0.2) is 0 Å². The van der Waals surface area contributed by atoms with Gasteiger partial charge in [0, 0.05) is 37.0 Å². The molecule has 0 bridgehead atoms. The van der Waals surface area contributed by atoms with Crippen molar-refractivity contribution in [2.24, 2.45) is 0 Å². The molecule has 2 heteroatoms. The largest absolute Gasteiger partial charge is 0.355 e. The van der Waals surface area contributed by atoms with Gasteiger partial charge < -0.3 is 5.32 Å². The zero-order valence-corrected chi connectivity index (χ0v) is 20.6. The van der Waals surface area contributed by atoms with Crippen LogP contribution in [0, 0.1) is 0 Å². The van der Waals surface area contributed by atoms with Crippen molar-refractivity contribution < 1.29 is 0 Å². The van der Waals surface area contributed by atoms with Crippen LogP contribution < -0.4 is 5.32 Å². The summed E-state index contributed by atoms with van der Waals surface area (Å²) in [5, 5.41) is 6.31. The molecule has 0 saturated carbocycles. The number of fused-ring (bicyclic) bond motifs is 6. The third kappa shape index (κ3) is 3.21. The van der Waals surface area contributed by atoms with Crippen molar-refractivity contribution in [3.05, 3.63) is 120 Å². The van der Waals surface area contributed by atoms with Crippen molar-refractivity contribution in [2.75, 3.05) is 5.32 Å². The maximum absolute atomic E-state index is 3.69. The number of rotatable bonds is 3. The second-order valence-corrected chi connectivity index (χ2v) is 11.0. The van der Waals surface area contributed by atoms with Gasteiger partial charge in [-0.25, -0.2) is 0 Å². The highest BCUT2D eigenvalue weighted by Crippen LogP contribution is 2.49. The third-order valence-corrected chi connectivity index (χ3v) is 8.58. The first-order valence-electron chi connectivity index (χ1n) is 12.1. The average Bonchev–Trinajstić information content (AvgIpc) is 3.36. The van der Waals surface area contributed by atoms with Crippen molar-refractivity contribution >= 4 is 42.9 Å². The van der Waals surface area contributed by atoms with Crippen LogP contribution in [0.3, 0.4) is 0 Å². The van der Waals surface area contributed by atoms with Crippen LogP contribution >= 0.6 is 11.3 Å². The summed E-state index contributed by atoms with van der Waals surface area (Å²) in [6.45, 7) is 4.66. The van der Waals surface area contributed by atoms with Crippen molar-refractivity contribution in [3.8, 4) is 22.3 Å². The maximum atomic E-state index is 3.69. The van der Waals surface area contributed by atoms with Gasteiger partial charge in [-0.05, 0) is 69.8 Å². The van der Waals surface area contributed by atoms with E-state index in [1.165, 1.54) is 53.6 Å². The Labute approximate surface area is 209 Å². The van der Waals surface area contributed by atoms with Crippen LogP contribution in [0.4, 0.5) is 11.4 Å². The van der Waals surface area contributed by atoms with E-state index in [0.29, 0.717) is 0 Å². The smallest absolute Gasteiger partial charge is 0.0391 e. The first-order valence-corrected chi connectivity index (χ1v) is 12.9. The second-order valence-electron chi connectivity index (χ2n) is 9.95. The topological polar surface area (TPSA) is 12.0 Å². The maximum Gasteiger partial charge on any atom is 0.0391 e. The van der Waals surface area contributed by atoms with Crippen LogP contribution in [0.5, 0.6) is 0 Å². The summed E-state index contributed by atoms with van der Waals surface area (Å²) in [5.41, 5.74) is 10.3. The molecule has 0 unspecified atom stereocenters. The zero-order valence-electron chi connectivity index (χ0n) is 19.8. The van der Waals surface area contributed by atoms with Gasteiger partial charge in [0.1, 0.15) is 0 Å². The Morgan fingerprint density at radius 3 is 2.17 bits per heavy atom. The van der Waals surface area contributed by atoms with Gasteiger partial charge in [-0.2, -0.15) is 0 Å². The van der Waals surface area contributed by atoms with E-state index in [1.54, 1.807) is 0 Å². The molecule has 1 nitrogen and oxygen atoms in total. The van der Waals surface area contributed by atoms with Gasteiger partial charge in [0.05, 0.1) is 0 Å². The molecule has 168 valence electrons. The second kappa shape index (κ2) is 7.56. The lowest BCUT2D eigenvalue weighted by atomic mass is 9.82. The van der Waals surface area contributed by atoms with Crippen molar-refractivity contribution in [3.63, 3.8) is 0 Å². The van der Waals surface area contributed by atoms with Gasteiger partial charge >= 0.3 is 0 Å². The summed E-state index contributed by atoms with van der Waals surface area (Å²) < 4.78 is 2.65. The normalized spacial score (nSPS) is 13.7. The monoisotopic (exact) mass is 467 g/mol. The lowest BCUT2D eigenvalue weighted by Crippen LogP contribution is -2.15. The quantitative estimate of drug-likeness (QED) is 0.273. The number of hydrogen-bond acceptors (Lipinski definition) is 2. The van der Waals surface area contributed by atoms with E-state index in [1.807, 2.05) is 11.3 Å². The molecule has 1 heterocycles. The molecule has 0 fully saturated rings. The SMILES string of the molecule is CC1(C)c2ccccc2-c2ccc(Nc3ccc4sc5cc(-c6ccccc6)ccc5c4c3)cc21. The van der Waals surface area contributed by atoms with Gasteiger partial charge in [-0.3, -0.25) is 0 Å². The van der Waals surface area contributed by atoms with E-state index < -0.39 is 0 Å². The standard InChI is InChI=1S/C33H25NS/c1-33(2)29-11-7-6-10-25(29)26-16-13-24(20-30(26)33)34-23-14-17-31-28(19-23)27-15-12-22(18-32(27)35-31)21-8-4-3-5-9-21/h3-20,34H,1-2H3. The van der Waals surface area contributed by atoms with Crippen LogP contribution in [0.1, 0.15) is 25.0 Å². The fourth-order valence-corrected chi connectivity index (χ4v) is 6.74. The Kier molecular flexibility index (Phi) is 4.43. The highest BCUT2D eigenvalue weighted by molar-refractivity contribution is 7.25. The minimum absolute atomic E-state index is 0.00753. The van der Waals surface area contributed by atoms with Gasteiger partial charge in [0.15, 0.2) is 0 Å². The van der Waals surface area contributed by atoms with E-state index in [9.17, 15) is 0 Å². The molecular weight excluding hydrogens is 442 g/mol. The Bertz CT molecular complexity index is 1740. The number of hydrogen-bond donors (Lipinski definition) is 1. The molecule has 0 spiro atoms. The molecule has 1 N–H and O–H groups in total. The lowest BCUT2D eigenvalue weighted by Gasteiger charge is -2.22. The molecule has 0 amide bonds. The van der Waals surface area contributed by atoms with Crippen molar-refractivity contribution in [2.45, 2.75) is 19.3 Å². The van der Waals surface area contributed by atoms with E-state index in [-0.39, 0.29) is 5.41 Å². The molecule has 0 atom stereocenters. The van der Waals surface area contributed by atoms with Gasteiger partial charge in [-0.1, -0.05) is 86.6 Å². The fraction of sp³-hybridized carbons (Fsp3) is 0.0909. The van der Waals surface area contributed by atoms with Crippen molar-refractivity contribution in [1.82, 2.24) is 0 Å². The highest BCUT2D eigenvalue weighted by Gasteiger charge is 2.35. The van der Waals surface area contributed by atoms with Crippen LogP contribution in [-0.2, 0) is 5.41 Å². The van der Waals surface area contributed by atoms with Crippen molar-refractivity contribution in [1.29, 1.82) is 0 Å².